The van der Waals surface area contributed by atoms with Crippen LogP contribution in [0.4, 0.5) is 0 Å². The second kappa shape index (κ2) is 3.77. The first-order chi connectivity index (χ1) is 4.22. The molecule has 0 atom stereocenters. The van der Waals surface area contributed by atoms with E-state index in [1.54, 1.807) is 0 Å². The van der Waals surface area contributed by atoms with Crippen LogP contribution in [0.3, 0.4) is 0 Å². The fraction of sp³-hybridized carbons (Fsp3) is 0.400. The van der Waals surface area contributed by atoms with Crippen molar-refractivity contribution < 1.29 is 9.57 Å². The maximum Gasteiger partial charge on any atom is 0.204 e. The van der Waals surface area contributed by atoms with Crippen LogP contribution in [-0.2, 0) is 9.57 Å². The maximum atomic E-state index is 5.24. The second-order valence-electron chi connectivity index (χ2n) is 1.29. The van der Waals surface area contributed by atoms with Crippen molar-refractivity contribution in [3.05, 3.63) is 12.3 Å². The summed E-state index contributed by atoms with van der Waals surface area (Å²) in [6.07, 6.45) is 0. The van der Waals surface area contributed by atoms with Gasteiger partial charge < -0.3 is 15.3 Å². The molecule has 0 aromatic carbocycles. The van der Waals surface area contributed by atoms with E-state index >= 15 is 0 Å². The van der Waals surface area contributed by atoms with Crippen LogP contribution < -0.4 is 5.73 Å². The van der Waals surface area contributed by atoms with Crippen molar-refractivity contribution in [1.29, 1.82) is 0 Å². The van der Waals surface area contributed by atoms with Gasteiger partial charge in [0.15, 0.2) is 5.76 Å². The van der Waals surface area contributed by atoms with Crippen molar-refractivity contribution in [2.24, 2.45) is 10.9 Å². The standard InChI is InChI=1S/C5H10N2O2/c1-4(8-2)5(6)7-9-3/h1H2,2-3H3,(H2,6,7). The average Bonchev–Trinajstić information content (AvgIpc) is 1.87. The summed E-state index contributed by atoms with van der Waals surface area (Å²) < 4.78 is 4.63. The van der Waals surface area contributed by atoms with Crippen molar-refractivity contribution in [2.75, 3.05) is 14.2 Å². The summed E-state index contributed by atoms with van der Waals surface area (Å²) >= 11 is 0. The van der Waals surface area contributed by atoms with Crippen molar-refractivity contribution in [2.45, 2.75) is 0 Å². The van der Waals surface area contributed by atoms with Crippen LogP contribution in [-0.4, -0.2) is 20.1 Å². The van der Waals surface area contributed by atoms with Crippen LogP contribution in [0, 0.1) is 0 Å². The van der Waals surface area contributed by atoms with E-state index in [4.69, 9.17) is 5.73 Å². The topological polar surface area (TPSA) is 56.8 Å². The Balaban J connectivity index is 3.86. The Bertz CT molecular complexity index is 131. The lowest BCUT2D eigenvalue weighted by Crippen LogP contribution is -2.15. The number of nitrogens with two attached hydrogens (primary N) is 1. The zero-order chi connectivity index (χ0) is 7.28. The lowest BCUT2D eigenvalue weighted by atomic mass is 10.5. The molecule has 0 aliphatic rings. The molecule has 0 aliphatic carbocycles. The number of ether oxygens (including phenoxy) is 1. The third-order valence-electron chi connectivity index (χ3n) is 0.722. The van der Waals surface area contributed by atoms with Gasteiger partial charge in [-0.15, -0.1) is 0 Å². The molecule has 0 unspecified atom stereocenters. The second-order valence-corrected chi connectivity index (χ2v) is 1.29. The first-order valence-corrected chi connectivity index (χ1v) is 2.32. The smallest absolute Gasteiger partial charge is 0.204 e. The van der Waals surface area contributed by atoms with E-state index in [0.29, 0.717) is 5.76 Å². The molecule has 0 heterocycles. The lowest BCUT2D eigenvalue weighted by molar-refractivity contribution is 0.209. The van der Waals surface area contributed by atoms with Crippen LogP contribution in [0.2, 0.25) is 0 Å². The van der Waals surface area contributed by atoms with Crippen molar-refractivity contribution in [3.8, 4) is 0 Å². The normalized spacial score (nSPS) is 10.7. The molecular formula is C5H10N2O2. The van der Waals surface area contributed by atoms with Crippen LogP contribution in [0.1, 0.15) is 0 Å². The molecule has 0 aromatic rings. The summed E-state index contributed by atoms with van der Waals surface area (Å²) in [4.78, 5) is 4.35. The summed E-state index contributed by atoms with van der Waals surface area (Å²) in [6, 6.07) is 0. The number of hydrogen-bond donors (Lipinski definition) is 1. The van der Waals surface area contributed by atoms with Gasteiger partial charge in [-0.1, -0.05) is 11.7 Å². The fourth-order valence-corrected chi connectivity index (χ4v) is 0.254. The highest BCUT2D eigenvalue weighted by Crippen LogP contribution is 1.89. The van der Waals surface area contributed by atoms with Crippen molar-refractivity contribution in [3.63, 3.8) is 0 Å². The van der Waals surface area contributed by atoms with E-state index in [1.165, 1.54) is 14.2 Å². The lowest BCUT2D eigenvalue weighted by Gasteiger charge is -1.99. The molecule has 9 heavy (non-hydrogen) atoms. The average molecular weight is 130 g/mol. The molecule has 0 amide bonds. The zero-order valence-corrected chi connectivity index (χ0v) is 5.55. The molecule has 4 nitrogen and oxygen atoms in total. The van der Waals surface area contributed by atoms with E-state index in [-0.39, 0.29) is 5.84 Å². The fourth-order valence-electron chi connectivity index (χ4n) is 0.254. The van der Waals surface area contributed by atoms with Gasteiger partial charge in [-0.25, -0.2) is 0 Å². The number of rotatable bonds is 3. The first kappa shape index (κ1) is 7.81. The number of methoxy groups -OCH3 is 1. The molecule has 0 aromatic heterocycles. The van der Waals surface area contributed by atoms with E-state index in [9.17, 15) is 0 Å². The van der Waals surface area contributed by atoms with Crippen molar-refractivity contribution >= 4 is 5.84 Å². The van der Waals surface area contributed by atoms with E-state index in [2.05, 4.69) is 21.3 Å². The molecule has 0 spiro atoms. The summed E-state index contributed by atoms with van der Waals surface area (Å²) in [7, 11) is 2.86. The number of hydrogen-bond acceptors (Lipinski definition) is 3. The molecule has 2 N–H and O–H groups in total. The largest absolute Gasteiger partial charge is 0.493 e. The van der Waals surface area contributed by atoms with Gasteiger partial charge in [0, 0.05) is 0 Å². The third-order valence-corrected chi connectivity index (χ3v) is 0.722. The highest BCUT2D eigenvalue weighted by molar-refractivity contribution is 5.93. The summed E-state index contributed by atoms with van der Waals surface area (Å²) in [5.74, 6) is 0.455. The van der Waals surface area contributed by atoms with E-state index in [1.807, 2.05) is 0 Å². The Labute approximate surface area is 53.9 Å². The van der Waals surface area contributed by atoms with Gasteiger partial charge in [0.2, 0.25) is 5.84 Å². The molecule has 4 heteroatoms. The summed E-state index contributed by atoms with van der Waals surface area (Å²) in [5, 5.41) is 3.37. The third kappa shape index (κ3) is 2.58. The predicted molar refractivity (Wildman–Crippen MR) is 34.8 cm³/mol. The van der Waals surface area contributed by atoms with Crippen molar-refractivity contribution in [1.82, 2.24) is 0 Å². The molecule has 0 bridgehead atoms. The highest BCUT2D eigenvalue weighted by atomic mass is 16.6. The number of nitrogens with zero attached hydrogens (tertiary/aromatic N) is 1. The van der Waals surface area contributed by atoms with Crippen LogP contribution in [0.25, 0.3) is 0 Å². The van der Waals surface area contributed by atoms with Crippen LogP contribution >= 0.6 is 0 Å². The zero-order valence-electron chi connectivity index (χ0n) is 5.55. The van der Waals surface area contributed by atoms with Gasteiger partial charge in [0.1, 0.15) is 7.11 Å². The molecule has 52 valence electrons. The summed E-state index contributed by atoms with van der Waals surface area (Å²) in [5.41, 5.74) is 5.24. The van der Waals surface area contributed by atoms with Gasteiger partial charge in [-0.05, 0) is 0 Å². The Morgan fingerprint density at radius 3 is 2.44 bits per heavy atom. The molecule has 0 saturated carbocycles. The Morgan fingerprint density at radius 2 is 2.11 bits per heavy atom. The molecule has 0 aliphatic heterocycles. The minimum absolute atomic E-state index is 0.153. The van der Waals surface area contributed by atoms with Gasteiger partial charge in [-0.2, -0.15) is 0 Å². The van der Waals surface area contributed by atoms with Gasteiger partial charge in [0.05, 0.1) is 7.11 Å². The predicted octanol–water partition coefficient (Wildman–Crippen LogP) is 0.0651. The van der Waals surface area contributed by atoms with E-state index < -0.39 is 0 Å². The van der Waals surface area contributed by atoms with E-state index in [0.717, 1.165) is 0 Å². The Hall–Kier alpha value is -1.19. The SMILES string of the molecule is C=C(OC)C(N)=NOC. The highest BCUT2D eigenvalue weighted by Gasteiger charge is 1.96. The monoisotopic (exact) mass is 130 g/mol. The maximum absolute atomic E-state index is 5.24. The van der Waals surface area contributed by atoms with Gasteiger partial charge in [-0.3, -0.25) is 0 Å². The summed E-state index contributed by atoms with van der Waals surface area (Å²) in [6.45, 7) is 3.43. The van der Waals surface area contributed by atoms with Gasteiger partial charge in [0.25, 0.3) is 0 Å². The Kier molecular flexibility index (Phi) is 3.27. The molecule has 0 saturated heterocycles. The number of oxime groups is 1. The van der Waals surface area contributed by atoms with Crippen LogP contribution in [0.15, 0.2) is 17.5 Å². The Morgan fingerprint density at radius 1 is 1.56 bits per heavy atom. The molecular weight excluding hydrogens is 120 g/mol. The number of amidine groups is 1. The molecule has 0 rings (SSSR count). The quantitative estimate of drug-likeness (QED) is 0.254. The minimum atomic E-state index is 0.153. The molecule has 0 radical (unpaired) electrons. The minimum Gasteiger partial charge on any atom is -0.493 e. The first-order valence-electron chi connectivity index (χ1n) is 2.32. The molecule has 0 fully saturated rings. The van der Waals surface area contributed by atoms with Crippen LogP contribution in [0.5, 0.6) is 0 Å². The van der Waals surface area contributed by atoms with Gasteiger partial charge >= 0.3 is 0 Å².